The van der Waals surface area contributed by atoms with Crippen LogP contribution in [0.5, 0.6) is 0 Å². The number of aryl methyl sites for hydroxylation is 1. The molecule has 0 unspecified atom stereocenters. The van der Waals surface area contributed by atoms with Crippen molar-refractivity contribution in [1.82, 2.24) is 20.1 Å². The van der Waals surface area contributed by atoms with Crippen LogP contribution >= 0.6 is 11.3 Å². The van der Waals surface area contributed by atoms with Crippen LogP contribution in [0.25, 0.3) is 10.2 Å². The number of fused-ring (bicyclic) bond motifs is 1. The number of nitrogens with zero attached hydrogens (tertiary/aromatic N) is 3. The van der Waals surface area contributed by atoms with E-state index in [0.29, 0.717) is 38.3 Å². The van der Waals surface area contributed by atoms with Gasteiger partial charge in [-0.1, -0.05) is 30.3 Å². The lowest BCUT2D eigenvalue weighted by atomic mass is 10.2. The number of nitrogens with one attached hydrogen (secondary N) is 1. The van der Waals surface area contributed by atoms with E-state index in [1.54, 1.807) is 11.3 Å². The van der Waals surface area contributed by atoms with Crippen LogP contribution in [0.2, 0.25) is 0 Å². The van der Waals surface area contributed by atoms with E-state index in [2.05, 4.69) is 16.4 Å². The summed E-state index contributed by atoms with van der Waals surface area (Å²) in [5.74, 6) is 0.0358. The fourth-order valence-corrected chi connectivity index (χ4v) is 4.67. The van der Waals surface area contributed by atoms with E-state index in [4.69, 9.17) is 0 Å². The maximum absolute atomic E-state index is 12.6. The Bertz CT molecular complexity index is 972. The van der Waals surface area contributed by atoms with Crippen molar-refractivity contribution in [2.45, 2.75) is 19.3 Å². The number of hydrogen-bond acceptors (Lipinski definition) is 4. The third-order valence-corrected chi connectivity index (χ3v) is 6.37. The summed E-state index contributed by atoms with van der Waals surface area (Å²) in [4.78, 5) is 33.5. The van der Waals surface area contributed by atoms with E-state index in [1.807, 2.05) is 58.3 Å². The van der Waals surface area contributed by atoms with Gasteiger partial charge in [0, 0.05) is 44.7 Å². The molecule has 0 spiro atoms. The van der Waals surface area contributed by atoms with Gasteiger partial charge in [-0.05, 0) is 37.1 Å². The monoisotopic (exact) mass is 422 g/mol. The maximum Gasteiger partial charge on any atom is 0.317 e. The van der Waals surface area contributed by atoms with Gasteiger partial charge in [-0.25, -0.2) is 9.78 Å². The third kappa shape index (κ3) is 4.97. The summed E-state index contributed by atoms with van der Waals surface area (Å²) in [6.45, 7) is 3.09. The van der Waals surface area contributed by atoms with Gasteiger partial charge in [0.15, 0.2) is 0 Å². The van der Waals surface area contributed by atoms with Gasteiger partial charge in [0.05, 0.1) is 15.2 Å². The molecule has 0 aliphatic carbocycles. The van der Waals surface area contributed by atoms with Crippen molar-refractivity contribution in [3.8, 4) is 0 Å². The Morgan fingerprint density at radius 2 is 1.67 bits per heavy atom. The van der Waals surface area contributed by atoms with Gasteiger partial charge in [-0.3, -0.25) is 4.79 Å². The van der Waals surface area contributed by atoms with Gasteiger partial charge < -0.3 is 15.1 Å². The van der Waals surface area contributed by atoms with Crippen LogP contribution in [0.15, 0.2) is 54.6 Å². The van der Waals surface area contributed by atoms with Crippen molar-refractivity contribution in [2.75, 3.05) is 32.7 Å². The molecule has 1 aliphatic rings. The minimum Gasteiger partial charge on any atom is -0.338 e. The Hall–Kier alpha value is -2.93. The summed E-state index contributed by atoms with van der Waals surface area (Å²) >= 11 is 1.72. The molecular weight excluding hydrogens is 396 g/mol. The molecule has 3 amide bonds. The zero-order valence-corrected chi connectivity index (χ0v) is 17.7. The van der Waals surface area contributed by atoms with E-state index in [0.717, 1.165) is 29.8 Å². The quantitative estimate of drug-likeness (QED) is 0.636. The number of benzene rings is 2. The van der Waals surface area contributed by atoms with Crippen LogP contribution in [0.3, 0.4) is 0 Å². The maximum atomic E-state index is 12.6. The Morgan fingerprint density at radius 1 is 0.933 bits per heavy atom. The van der Waals surface area contributed by atoms with Crippen molar-refractivity contribution in [2.24, 2.45) is 0 Å². The second-order valence-electron chi connectivity index (χ2n) is 7.41. The van der Waals surface area contributed by atoms with Crippen molar-refractivity contribution < 1.29 is 9.59 Å². The van der Waals surface area contributed by atoms with Gasteiger partial charge in [-0.15, -0.1) is 11.3 Å². The molecular formula is C23H26N4O2S. The minimum atomic E-state index is -0.0479. The van der Waals surface area contributed by atoms with Crippen molar-refractivity contribution in [1.29, 1.82) is 0 Å². The number of amides is 3. The zero-order valence-electron chi connectivity index (χ0n) is 16.9. The van der Waals surface area contributed by atoms with Crippen molar-refractivity contribution in [3.05, 3.63) is 65.2 Å². The van der Waals surface area contributed by atoms with Crippen molar-refractivity contribution in [3.63, 3.8) is 0 Å². The Balaban J connectivity index is 1.21. The number of urea groups is 1. The first-order valence-corrected chi connectivity index (χ1v) is 11.2. The second-order valence-corrected chi connectivity index (χ2v) is 8.52. The molecule has 0 bridgehead atoms. The Morgan fingerprint density at radius 3 is 2.50 bits per heavy atom. The molecule has 1 aliphatic heterocycles. The number of thiazole rings is 1. The fraction of sp³-hybridized carbons (Fsp3) is 0.348. The van der Waals surface area contributed by atoms with Gasteiger partial charge >= 0.3 is 6.03 Å². The van der Waals surface area contributed by atoms with E-state index >= 15 is 0 Å². The van der Waals surface area contributed by atoms with E-state index in [9.17, 15) is 9.59 Å². The second kappa shape index (κ2) is 9.71. The molecule has 2 aromatic carbocycles. The highest BCUT2D eigenvalue weighted by molar-refractivity contribution is 7.18. The molecule has 4 rings (SSSR count). The summed E-state index contributed by atoms with van der Waals surface area (Å²) in [7, 11) is 0. The molecule has 0 radical (unpaired) electrons. The third-order valence-electron chi connectivity index (χ3n) is 5.27. The van der Waals surface area contributed by atoms with Gasteiger partial charge in [0.2, 0.25) is 0 Å². The number of para-hydroxylation sites is 1. The molecule has 6 nitrogen and oxygen atoms in total. The predicted octanol–water partition coefficient (Wildman–Crippen LogP) is 3.79. The SMILES string of the molecule is O=C(NCCCc1nc2ccccc2s1)N1CCCN(C(=O)c2ccccc2)CC1. The molecule has 156 valence electrons. The number of rotatable bonds is 5. The Kier molecular flexibility index (Phi) is 6.59. The van der Waals surface area contributed by atoms with Crippen LogP contribution in [-0.4, -0.2) is 59.4 Å². The first-order chi connectivity index (χ1) is 14.7. The average molecular weight is 423 g/mol. The molecule has 3 aromatic rings. The van der Waals surface area contributed by atoms with Gasteiger partial charge in [0.25, 0.3) is 5.91 Å². The van der Waals surface area contributed by atoms with Crippen molar-refractivity contribution >= 4 is 33.5 Å². The lowest BCUT2D eigenvalue weighted by molar-refractivity contribution is 0.0762. The summed E-state index contributed by atoms with van der Waals surface area (Å²) in [6, 6.07) is 17.4. The molecule has 2 heterocycles. The molecule has 0 saturated carbocycles. The standard InChI is InChI=1S/C23H26N4O2S/c28-22(18-8-2-1-3-9-18)26-14-7-15-27(17-16-26)23(29)24-13-6-12-21-25-19-10-4-5-11-20(19)30-21/h1-5,8-11H,6-7,12-17H2,(H,24,29). The summed E-state index contributed by atoms with van der Waals surface area (Å²) in [5, 5.41) is 4.13. The molecule has 0 atom stereocenters. The highest BCUT2D eigenvalue weighted by Crippen LogP contribution is 2.22. The van der Waals surface area contributed by atoms with E-state index in [1.165, 1.54) is 4.70 Å². The first kappa shape index (κ1) is 20.3. The largest absolute Gasteiger partial charge is 0.338 e. The molecule has 1 fully saturated rings. The number of carbonyl (C=O) groups is 2. The number of aromatic nitrogens is 1. The minimum absolute atomic E-state index is 0.0358. The van der Waals surface area contributed by atoms with Gasteiger partial charge in [-0.2, -0.15) is 0 Å². The first-order valence-electron chi connectivity index (χ1n) is 10.4. The van der Waals surface area contributed by atoms with Crippen LogP contribution in [0.1, 0.15) is 28.2 Å². The lowest BCUT2D eigenvalue weighted by Gasteiger charge is -2.22. The predicted molar refractivity (Wildman–Crippen MR) is 120 cm³/mol. The van der Waals surface area contributed by atoms with Crippen LogP contribution in [0, 0.1) is 0 Å². The summed E-state index contributed by atoms with van der Waals surface area (Å²) in [5.41, 5.74) is 1.74. The van der Waals surface area contributed by atoms with Crippen LogP contribution in [-0.2, 0) is 6.42 Å². The fourth-order valence-electron chi connectivity index (χ4n) is 3.66. The number of hydrogen-bond donors (Lipinski definition) is 1. The van der Waals surface area contributed by atoms with Gasteiger partial charge in [0.1, 0.15) is 0 Å². The number of carbonyl (C=O) groups excluding carboxylic acids is 2. The normalized spacial score (nSPS) is 14.5. The average Bonchev–Trinajstić information content (AvgIpc) is 3.03. The van der Waals surface area contributed by atoms with E-state index < -0.39 is 0 Å². The summed E-state index contributed by atoms with van der Waals surface area (Å²) in [6.07, 6.45) is 2.51. The topological polar surface area (TPSA) is 65.5 Å². The van der Waals surface area contributed by atoms with Crippen LogP contribution in [0.4, 0.5) is 4.79 Å². The van der Waals surface area contributed by atoms with E-state index in [-0.39, 0.29) is 11.9 Å². The summed E-state index contributed by atoms with van der Waals surface area (Å²) < 4.78 is 1.20. The highest BCUT2D eigenvalue weighted by Gasteiger charge is 2.22. The lowest BCUT2D eigenvalue weighted by Crippen LogP contribution is -2.43. The molecule has 1 N–H and O–H groups in total. The zero-order chi connectivity index (χ0) is 20.8. The molecule has 30 heavy (non-hydrogen) atoms. The molecule has 1 aromatic heterocycles. The Labute approximate surface area is 180 Å². The smallest absolute Gasteiger partial charge is 0.317 e. The molecule has 7 heteroatoms. The highest BCUT2D eigenvalue weighted by atomic mass is 32.1. The molecule has 1 saturated heterocycles. The van der Waals surface area contributed by atoms with Crippen LogP contribution < -0.4 is 5.32 Å².